The number of anilines is 1. The van der Waals surface area contributed by atoms with Gasteiger partial charge in [-0.1, -0.05) is 65.8 Å². The van der Waals surface area contributed by atoms with E-state index in [-0.39, 0.29) is 16.7 Å². The summed E-state index contributed by atoms with van der Waals surface area (Å²) < 4.78 is 1.94. The molecule has 0 bridgehead atoms. The predicted octanol–water partition coefficient (Wildman–Crippen LogP) is 5.46. The Kier molecular flexibility index (Phi) is 5.99. The molecule has 1 aromatic heterocycles. The molecular weight excluding hydrogens is 386 g/mol. The molecule has 0 saturated heterocycles. The third-order valence-electron chi connectivity index (χ3n) is 5.29. The van der Waals surface area contributed by atoms with Crippen molar-refractivity contribution in [1.82, 2.24) is 4.57 Å². The first-order valence-corrected chi connectivity index (χ1v) is 10.7. The lowest BCUT2D eigenvalue weighted by Crippen LogP contribution is -2.19. The summed E-state index contributed by atoms with van der Waals surface area (Å²) >= 11 is 0. The van der Waals surface area contributed by atoms with Gasteiger partial charge >= 0.3 is 0 Å². The molecule has 0 aliphatic carbocycles. The molecule has 0 unspecified atom stereocenters. The van der Waals surface area contributed by atoms with Crippen molar-refractivity contribution in [2.45, 2.75) is 59.9 Å². The molecule has 0 spiro atoms. The highest BCUT2D eigenvalue weighted by Crippen LogP contribution is 2.27. The highest BCUT2D eigenvalue weighted by Gasteiger charge is 2.18. The zero-order valence-electron chi connectivity index (χ0n) is 19.4. The van der Waals surface area contributed by atoms with Crippen molar-refractivity contribution < 1.29 is 9.59 Å². The fourth-order valence-electron chi connectivity index (χ4n) is 3.70. The number of hydrogen-bond acceptors (Lipinski definition) is 2. The third-order valence-corrected chi connectivity index (χ3v) is 5.29. The number of nitrogens with zero attached hydrogens (tertiary/aromatic N) is 1. The van der Waals surface area contributed by atoms with Crippen LogP contribution in [0.1, 0.15) is 69.6 Å². The normalized spacial score (nSPS) is 12.2. The van der Waals surface area contributed by atoms with Gasteiger partial charge < -0.3 is 15.6 Å². The van der Waals surface area contributed by atoms with E-state index in [4.69, 9.17) is 5.73 Å². The van der Waals surface area contributed by atoms with E-state index in [0.717, 1.165) is 16.5 Å². The largest absolute Gasteiger partial charge is 0.364 e. The van der Waals surface area contributed by atoms with E-state index >= 15 is 0 Å². The second-order valence-electron chi connectivity index (χ2n) is 10.5. The van der Waals surface area contributed by atoms with Crippen LogP contribution in [-0.2, 0) is 16.8 Å². The van der Waals surface area contributed by atoms with Crippen molar-refractivity contribution in [3.05, 3.63) is 65.4 Å². The van der Waals surface area contributed by atoms with Crippen molar-refractivity contribution >= 4 is 28.4 Å². The molecule has 0 saturated carbocycles. The van der Waals surface area contributed by atoms with E-state index in [9.17, 15) is 9.59 Å². The quantitative estimate of drug-likeness (QED) is 0.576. The van der Waals surface area contributed by atoms with Gasteiger partial charge in [-0.3, -0.25) is 9.59 Å². The second kappa shape index (κ2) is 8.22. The lowest BCUT2D eigenvalue weighted by Gasteiger charge is -2.19. The first-order valence-electron chi connectivity index (χ1n) is 10.7. The van der Waals surface area contributed by atoms with Gasteiger partial charge in [0.2, 0.25) is 5.91 Å². The molecule has 3 N–H and O–H groups in total. The van der Waals surface area contributed by atoms with E-state index in [1.165, 1.54) is 5.56 Å². The predicted molar refractivity (Wildman–Crippen MR) is 127 cm³/mol. The summed E-state index contributed by atoms with van der Waals surface area (Å²) in [6.45, 7) is 13.2. The Morgan fingerprint density at radius 3 is 2.13 bits per heavy atom. The van der Waals surface area contributed by atoms with Crippen LogP contribution in [0.25, 0.3) is 10.9 Å². The van der Waals surface area contributed by atoms with Crippen LogP contribution >= 0.6 is 0 Å². The summed E-state index contributed by atoms with van der Waals surface area (Å²) in [5.41, 5.74) is 10.1. The molecule has 1 heterocycles. The molecule has 164 valence electrons. The zero-order chi connectivity index (χ0) is 23.0. The van der Waals surface area contributed by atoms with Crippen molar-refractivity contribution in [1.29, 1.82) is 0 Å². The fourth-order valence-corrected chi connectivity index (χ4v) is 3.70. The van der Waals surface area contributed by atoms with Gasteiger partial charge in [-0.25, -0.2) is 0 Å². The molecule has 2 aromatic carbocycles. The molecular formula is C26H33N3O2. The Morgan fingerprint density at radius 1 is 0.935 bits per heavy atom. The number of amides is 2. The number of primary amides is 1. The van der Waals surface area contributed by atoms with Crippen molar-refractivity contribution in [2.24, 2.45) is 11.1 Å². The molecule has 0 fully saturated rings. The minimum absolute atomic E-state index is 0.0275. The van der Waals surface area contributed by atoms with Crippen LogP contribution in [0.4, 0.5) is 5.69 Å². The standard InChI is InChI=1S/C26H33N3O2/c1-25(2,3)15-23(30)28-20-11-12-21-18(13-20)14-22(24(27)31)29(21)16-17-7-9-19(10-8-17)26(4,5)6/h7-14H,15-16H2,1-6H3,(H2,27,31)(H,28,30). The minimum Gasteiger partial charge on any atom is -0.364 e. The molecule has 5 heteroatoms. The Morgan fingerprint density at radius 2 is 1.58 bits per heavy atom. The number of fused-ring (bicyclic) bond motifs is 1. The van der Waals surface area contributed by atoms with Gasteiger partial charge in [0.05, 0.1) is 0 Å². The zero-order valence-corrected chi connectivity index (χ0v) is 19.4. The highest BCUT2D eigenvalue weighted by molar-refractivity contribution is 6.00. The van der Waals surface area contributed by atoms with Crippen LogP contribution in [0.15, 0.2) is 48.5 Å². The van der Waals surface area contributed by atoms with Crippen LogP contribution in [-0.4, -0.2) is 16.4 Å². The Balaban J connectivity index is 1.91. The Bertz CT molecular complexity index is 1110. The molecule has 2 amide bonds. The van der Waals surface area contributed by atoms with E-state index < -0.39 is 5.91 Å². The van der Waals surface area contributed by atoms with Crippen LogP contribution in [0.3, 0.4) is 0 Å². The fraction of sp³-hybridized carbons (Fsp3) is 0.385. The number of carbonyl (C=O) groups is 2. The summed E-state index contributed by atoms with van der Waals surface area (Å²) in [4.78, 5) is 24.4. The molecule has 3 rings (SSSR count). The van der Waals surface area contributed by atoms with Crippen molar-refractivity contribution in [2.75, 3.05) is 5.32 Å². The maximum atomic E-state index is 12.3. The summed E-state index contributed by atoms with van der Waals surface area (Å²) in [5, 5.41) is 3.82. The topological polar surface area (TPSA) is 77.1 Å². The highest BCUT2D eigenvalue weighted by atomic mass is 16.2. The maximum Gasteiger partial charge on any atom is 0.265 e. The van der Waals surface area contributed by atoms with Crippen LogP contribution < -0.4 is 11.1 Å². The number of benzene rings is 2. The van der Waals surface area contributed by atoms with Gasteiger partial charge in [0.15, 0.2) is 0 Å². The lowest BCUT2D eigenvalue weighted by atomic mass is 9.87. The van der Waals surface area contributed by atoms with Crippen molar-refractivity contribution in [3.63, 3.8) is 0 Å². The average molecular weight is 420 g/mol. The summed E-state index contributed by atoms with van der Waals surface area (Å²) in [5.74, 6) is -0.499. The SMILES string of the molecule is CC(C)(C)CC(=O)Nc1ccc2c(c1)cc(C(N)=O)n2Cc1ccc(C(C)(C)C)cc1. The first kappa shape index (κ1) is 22.6. The number of hydrogen-bond donors (Lipinski definition) is 2. The molecule has 0 aliphatic heterocycles. The van der Waals surface area contributed by atoms with Crippen LogP contribution in [0, 0.1) is 5.41 Å². The van der Waals surface area contributed by atoms with Crippen LogP contribution in [0.2, 0.25) is 0 Å². The smallest absolute Gasteiger partial charge is 0.265 e. The molecule has 5 nitrogen and oxygen atoms in total. The average Bonchev–Trinajstić information content (AvgIpc) is 2.98. The Hall–Kier alpha value is -3.08. The molecule has 0 aliphatic rings. The van der Waals surface area contributed by atoms with Gasteiger partial charge in [-0.2, -0.15) is 0 Å². The lowest BCUT2D eigenvalue weighted by molar-refractivity contribution is -0.117. The van der Waals surface area contributed by atoms with Gasteiger partial charge in [0.1, 0.15) is 5.69 Å². The Labute approximate surface area is 184 Å². The molecule has 3 aromatic rings. The minimum atomic E-state index is -0.471. The molecule has 31 heavy (non-hydrogen) atoms. The summed E-state index contributed by atoms with van der Waals surface area (Å²) in [6, 6.07) is 15.9. The number of aromatic nitrogens is 1. The third kappa shape index (κ3) is 5.54. The second-order valence-corrected chi connectivity index (χ2v) is 10.5. The molecule has 0 atom stereocenters. The van der Waals surface area contributed by atoms with Crippen LogP contribution in [0.5, 0.6) is 0 Å². The van der Waals surface area contributed by atoms with Gasteiger partial charge in [0.25, 0.3) is 5.91 Å². The monoisotopic (exact) mass is 419 g/mol. The number of carbonyl (C=O) groups excluding carboxylic acids is 2. The van der Waals surface area contributed by atoms with Gasteiger partial charge in [0, 0.05) is 29.6 Å². The number of nitrogens with one attached hydrogen (secondary N) is 1. The number of nitrogens with two attached hydrogens (primary N) is 1. The van der Waals surface area contributed by atoms with E-state index in [2.05, 4.69) is 50.4 Å². The van der Waals surface area contributed by atoms with E-state index in [0.29, 0.717) is 24.3 Å². The summed E-state index contributed by atoms with van der Waals surface area (Å²) in [6.07, 6.45) is 0.434. The van der Waals surface area contributed by atoms with Crippen molar-refractivity contribution in [3.8, 4) is 0 Å². The van der Waals surface area contributed by atoms with Gasteiger partial charge in [-0.15, -0.1) is 0 Å². The van der Waals surface area contributed by atoms with E-state index in [1.807, 2.05) is 43.5 Å². The van der Waals surface area contributed by atoms with Gasteiger partial charge in [-0.05, 0) is 46.2 Å². The summed E-state index contributed by atoms with van der Waals surface area (Å²) in [7, 11) is 0. The molecule has 0 radical (unpaired) electrons. The first-order chi connectivity index (χ1) is 14.3. The number of rotatable bonds is 5. The maximum absolute atomic E-state index is 12.3. The van der Waals surface area contributed by atoms with E-state index in [1.54, 1.807) is 6.07 Å².